The van der Waals surface area contributed by atoms with Gasteiger partial charge >= 0.3 is 0 Å². The lowest BCUT2D eigenvalue weighted by molar-refractivity contribution is 1.06. The first-order valence-corrected chi connectivity index (χ1v) is 18.8. The number of nitriles is 3. The smallest absolute Gasteiger partial charge is 0.164 e. The monoisotopic (exact) mass is 762 g/mol. The fourth-order valence-electron chi connectivity index (χ4n) is 7.21. The molecule has 0 amide bonds. The average molecular weight is 763 g/mol. The quantitative estimate of drug-likeness (QED) is 0.160. The first kappa shape index (κ1) is 35.9. The Bertz CT molecular complexity index is 3000. The minimum atomic E-state index is 0.493. The molecule has 10 rings (SSSR count). The molecule has 0 saturated carbocycles. The van der Waals surface area contributed by atoms with Crippen LogP contribution in [0.4, 0.5) is 0 Å². The molecule has 6 heterocycles. The molecule has 0 N–H and O–H groups in total. The standard InChI is InChI=1S/C45H24N12.C2H6/c46-25-28-7-1-10-34(19-28)55-40(52-37-13-4-16-49-43(37)55)31-22-32(41-53-38-14-5-17-50-44(38)56(41)35-11-2-8-29(20-35)26-47)24-33(23-31)42-54-39-15-6-18-51-45(39)57(42)36-12-3-9-30(21-36)27-48;1-2/h1-24H;1-2H3. The van der Waals surface area contributed by atoms with E-state index in [0.29, 0.717) is 101 Å². The van der Waals surface area contributed by atoms with Crippen molar-refractivity contribution in [2.45, 2.75) is 13.8 Å². The van der Waals surface area contributed by atoms with Crippen molar-refractivity contribution in [2.24, 2.45) is 0 Å². The summed E-state index contributed by atoms with van der Waals surface area (Å²) in [5.41, 5.74) is 9.57. The van der Waals surface area contributed by atoms with Crippen LogP contribution in [0.15, 0.2) is 146 Å². The van der Waals surface area contributed by atoms with Crippen molar-refractivity contribution >= 4 is 33.5 Å². The third kappa shape index (κ3) is 6.27. The van der Waals surface area contributed by atoms with Crippen molar-refractivity contribution in [2.75, 3.05) is 0 Å². The first-order valence-electron chi connectivity index (χ1n) is 18.8. The fourth-order valence-corrected chi connectivity index (χ4v) is 7.21. The summed E-state index contributed by atoms with van der Waals surface area (Å²) in [4.78, 5) is 29.6. The van der Waals surface area contributed by atoms with Crippen LogP contribution in [-0.2, 0) is 0 Å². The first-order chi connectivity index (χ1) is 29.1. The molecule has 0 fully saturated rings. The predicted octanol–water partition coefficient (Wildman–Crippen LogP) is 9.53. The lowest BCUT2D eigenvalue weighted by atomic mass is 10.0. The van der Waals surface area contributed by atoms with Gasteiger partial charge in [-0.15, -0.1) is 0 Å². The Morgan fingerprint density at radius 1 is 0.390 bits per heavy atom. The van der Waals surface area contributed by atoms with Crippen LogP contribution in [0.5, 0.6) is 0 Å². The van der Waals surface area contributed by atoms with Gasteiger partial charge < -0.3 is 0 Å². The maximum atomic E-state index is 9.85. The lowest BCUT2D eigenvalue weighted by Gasteiger charge is -2.15. The summed E-state index contributed by atoms with van der Waals surface area (Å²) >= 11 is 0. The highest BCUT2D eigenvalue weighted by Gasteiger charge is 2.24. The zero-order chi connectivity index (χ0) is 40.5. The maximum Gasteiger partial charge on any atom is 0.164 e. The van der Waals surface area contributed by atoms with Crippen LogP contribution >= 0.6 is 0 Å². The molecule has 0 unspecified atom stereocenters. The number of hydrogen-bond donors (Lipinski definition) is 0. The zero-order valence-electron chi connectivity index (χ0n) is 31.7. The van der Waals surface area contributed by atoms with Gasteiger partial charge in [0.2, 0.25) is 0 Å². The summed E-state index contributed by atoms with van der Waals surface area (Å²) in [7, 11) is 0. The van der Waals surface area contributed by atoms with E-state index in [4.69, 9.17) is 29.9 Å². The van der Waals surface area contributed by atoms with E-state index in [2.05, 4.69) is 18.2 Å². The van der Waals surface area contributed by atoms with Crippen LogP contribution in [0.3, 0.4) is 0 Å². The number of hydrogen-bond acceptors (Lipinski definition) is 9. The summed E-state index contributed by atoms with van der Waals surface area (Å²) in [6.45, 7) is 4.00. The molecule has 59 heavy (non-hydrogen) atoms. The highest BCUT2D eigenvalue weighted by molar-refractivity contribution is 5.88. The summed E-state index contributed by atoms with van der Waals surface area (Å²) in [5, 5.41) is 29.6. The van der Waals surface area contributed by atoms with E-state index < -0.39 is 0 Å². The SMILES string of the molecule is CC.N#Cc1cccc(-n2c(-c3cc(-c4nc5cccnc5n4-c4cccc(C#N)c4)cc(-c4nc5cccnc5n4-c4cccc(C#N)c4)c3)nc3cccnc32)c1. The minimum absolute atomic E-state index is 0.493. The van der Waals surface area contributed by atoms with Crippen molar-refractivity contribution in [1.29, 1.82) is 15.8 Å². The molecule has 0 atom stereocenters. The van der Waals surface area contributed by atoms with E-state index in [-0.39, 0.29) is 0 Å². The summed E-state index contributed by atoms with van der Waals surface area (Å²) in [6.07, 6.45) is 5.15. The third-order valence-corrected chi connectivity index (χ3v) is 9.66. The number of imidazole rings is 3. The molecule has 0 aliphatic heterocycles. The molecule has 0 aliphatic carbocycles. The number of nitrogens with zero attached hydrogens (tertiary/aromatic N) is 12. The van der Waals surface area contributed by atoms with Crippen molar-refractivity contribution in [1.82, 2.24) is 43.6 Å². The van der Waals surface area contributed by atoms with Gasteiger partial charge in [-0.1, -0.05) is 32.0 Å². The van der Waals surface area contributed by atoms with Gasteiger partial charge in [0, 0.05) is 35.3 Å². The van der Waals surface area contributed by atoms with Gasteiger partial charge in [0.05, 0.1) is 52.0 Å². The van der Waals surface area contributed by atoms with Gasteiger partial charge in [0.1, 0.15) is 34.0 Å². The van der Waals surface area contributed by atoms with Crippen molar-refractivity contribution < 1.29 is 0 Å². The molecule has 0 bridgehead atoms. The molecule has 10 aromatic rings. The average Bonchev–Trinajstić information content (AvgIpc) is 4.02. The van der Waals surface area contributed by atoms with E-state index in [1.165, 1.54) is 0 Å². The second kappa shape index (κ2) is 15.0. The van der Waals surface area contributed by atoms with Crippen molar-refractivity contribution in [3.8, 4) is 69.4 Å². The second-order valence-corrected chi connectivity index (χ2v) is 13.1. The van der Waals surface area contributed by atoms with E-state index in [1.54, 1.807) is 36.8 Å². The van der Waals surface area contributed by atoms with Crippen LogP contribution < -0.4 is 0 Å². The molecule has 0 aliphatic rings. The molecular formula is C47H30N12. The summed E-state index contributed by atoms with van der Waals surface area (Å²) in [6, 6.07) is 46.0. The van der Waals surface area contributed by atoms with E-state index in [1.807, 2.05) is 137 Å². The Morgan fingerprint density at radius 3 is 0.983 bits per heavy atom. The van der Waals surface area contributed by atoms with E-state index in [9.17, 15) is 15.8 Å². The number of benzene rings is 4. The lowest BCUT2D eigenvalue weighted by Crippen LogP contribution is -2.03. The molecule has 12 heteroatoms. The normalized spacial score (nSPS) is 10.8. The zero-order valence-corrected chi connectivity index (χ0v) is 31.7. The van der Waals surface area contributed by atoms with Gasteiger partial charge in [-0.25, -0.2) is 29.9 Å². The Labute approximate surface area is 337 Å². The Hall–Kier alpha value is -8.79. The van der Waals surface area contributed by atoms with Gasteiger partial charge in [-0.05, 0) is 109 Å². The fraction of sp³-hybridized carbons (Fsp3) is 0.0426. The van der Waals surface area contributed by atoms with Crippen LogP contribution in [0.2, 0.25) is 0 Å². The third-order valence-electron chi connectivity index (χ3n) is 9.66. The minimum Gasteiger partial charge on any atom is -0.277 e. The van der Waals surface area contributed by atoms with E-state index >= 15 is 0 Å². The number of aromatic nitrogens is 9. The molecule has 4 aromatic carbocycles. The Balaban J connectivity index is 0.00000221. The topological polar surface area (TPSA) is 164 Å². The maximum absolute atomic E-state index is 9.85. The van der Waals surface area contributed by atoms with Crippen molar-refractivity contribution in [3.05, 3.63) is 163 Å². The highest BCUT2D eigenvalue weighted by Crippen LogP contribution is 2.38. The highest BCUT2D eigenvalue weighted by atomic mass is 15.2. The molecule has 278 valence electrons. The largest absolute Gasteiger partial charge is 0.277 e. The number of rotatable bonds is 6. The molecule has 12 nitrogen and oxygen atoms in total. The van der Waals surface area contributed by atoms with Gasteiger partial charge in [0.15, 0.2) is 16.9 Å². The molecular weight excluding hydrogens is 733 g/mol. The van der Waals surface area contributed by atoms with E-state index in [0.717, 1.165) is 0 Å². The second-order valence-electron chi connectivity index (χ2n) is 13.1. The number of fused-ring (bicyclic) bond motifs is 3. The van der Waals surface area contributed by atoms with Crippen LogP contribution in [-0.4, -0.2) is 43.6 Å². The molecule has 0 radical (unpaired) electrons. The van der Waals surface area contributed by atoms with Crippen LogP contribution in [0, 0.1) is 34.0 Å². The molecule has 6 aromatic heterocycles. The van der Waals surface area contributed by atoms with Crippen LogP contribution in [0.25, 0.3) is 84.7 Å². The van der Waals surface area contributed by atoms with Gasteiger partial charge in [0.25, 0.3) is 0 Å². The molecule has 0 spiro atoms. The summed E-state index contributed by atoms with van der Waals surface area (Å²) < 4.78 is 5.84. The Kier molecular flexibility index (Phi) is 9.15. The summed E-state index contributed by atoms with van der Waals surface area (Å²) in [5.74, 6) is 1.71. The number of pyridine rings is 3. The van der Waals surface area contributed by atoms with Crippen molar-refractivity contribution in [3.63, 3.8) is 0 Å². The van der Waals surface area contributed by atoms with Crippen LogP contribution in [0.1, 0.15) is 30.5 Å². The predicted molar refractivity (Wildman–Crippen MR) is 226 cm³/mol. The molecule has 0 saturated heterocycles. The van der Waals surface area contributed by atoms with Gasteiger partial charge in [-0.2, -0.15) is 15.8 Å². The van der Waals surface area contributed by atoms with Gasteiger partial charge in [-0.3, -0.25) is 13.7 Å². The Morgan fingerprint density at radius 2 is 0.695 bits per heavy atom.